The number of benzene rings is 2. The Morgan fingerprint density at radius 2 is 1.85 bits per heavy atom. The van der Waals surface area contributed by atoms with Gasteiger partial charge in [-0.3, -0.25) is 9.00 Å². The maximum absolute atomic E-state index is 11.9. The standard InChI is InChI=1S/C16H15NO2S/c17-15(18)10-20(19)9-13-6-3-5-12-8-11-4-1-2-7-14(11)16(12)13/h1-7H,8-10H2,(H2,17,18)/t20-/m0/s1. The third-order valence-corrected chi connectivity index (χ3v) is 4.76. The summed E-state index contributed by atoms with van der Waals surface area (Å²) in [5.41, 5.74) is 11.1. The third-order valence-electron chi connectivity index (χ3n) is 3.52. The lowest BCUT2D eigenvalue weighted by Crippen LogP contribution is -2.20. The van der Waals surface area contributed by atoms with Crippen LogP contribution in [0.3, 0.4) is 0 Å². The fourth-order valence-electron chi connectivity index (χ4n) is 2.77. The van der Waals surface area contributed by atoms with E-state index < -0.39 is 16.7 Å². The Kier molecular flexibility index (Phi) is 3.40. The molecule has 102 valence electrons. The number of primary amides is 1. The summed E-state index contributed by atoms with van der Waals surface area (Å²) in [4.78, 5) is 10.9. The number of fused-ring (bicyclic) bond motifs is 3. The molecular weight excluding hydrogens is 270 g/mol. The molecule has 2 aromatic rings. The molecule has 0 bridgehead atoms. The molecule has 4 heteroatoms. The van der Waals surface area contributed by atoms with Crippen LogP contribution >= 0.6 is 0 Å². The molecule has 0 saturated heterocycles. The van der Waals surface area contributed by atoms with Gasteiger partial charge >= 0.3 is 0 Å². The molecule has 0 saturated carbocycles. The zero-order chi connectivity index (χ0) is 14.1. The van der Waals surface area contributed by atoms with Gasteiger partial charge in [-0.2, -0.15) is 0 Å². The second-order valence-electron chi connectivity index (χ2n) is 4.98. The molecular formula is C16H15NO2S. The summed E-state index contributed by atoms with van der Waals surface area (Å²) in [6.45, 7) is 0. The highest BCUT2D eigenvalue weighted by molar-refractivity contribution is 7.84. The van der Waals surface area contributed by atoms with E-state index in [2.05, 4.69) is 18.2 Å². The second kappa shape index (κ2) is 5.21. The van der Waals surface area contributed by atoms with Gasteiger partial charge in [0.15, 0.2) is 0 Å². The van der Waals surface area contributed by atoms with Crippen molar-refractivity contribution in [3.63, 3.8) is 0 Å². The maximum atomic E-state index is 11.9. The van der Waals surface area contributed by atoms with E-state index in [9.17, 15) is 9.00 Å². The zero-order valence-corrected chi connectivity index (χ0v) is 11.8. The minimum Gasteiger partial charge on any atom is -0.369 e. The molecule has 0 spiro atoms. The van der Waals surface area contributed by atoms with Gasteiger partial charge in [0.2, 0.25) is 5.91 Å². The van der Waals surface area contributed by atoms with Crippen molar-refractivity contribution >= 4 is 16.7 Å². The average molecular weight is 285 g/mol. The molecule has 2 aromatic carbocycles. The van der Waals surface area contributed by atoms with Crippen molar-refractivity contribution in [2.24, 2.45) is 5.73 Å². The monoisotopic (exact) mass is 285 g/mol. The van der Waals surface area contributed by atoms with Crippen LogP contribution in [0.15, 0.2) is 42.5 Å². The average Bonchev–Trinajstić information content (AvgIpc) is 2.77. The summed E-state index contributed by atoms with van der Waals surface area (Å²) in [6.07, 6.45) is 0.918. The number of hydrogen-bond donors (Lipinski definition) is 1. The van der Waals surface area contributed by atoms with Crippen molar-refractivity contribution in [1.29, 1.82) is 0 Å². The van der Waals surface area contributed by atoms with Crippen molar-refractivity contribution in [3.05, 3.63) is 59.2 Å². The van der Waals surface area contributed by atoms with E-state index in [1.807, 2.05) is 24.3 Å². The summed E-state index contributed by atoms with van der Waals surface area (Å²) >= 11 is 0. The molecule has 0 unspecified atom stereocenters. The Bertz CT molecular complexity index is 709. The highest BCUT2D eigenvalue weighted by atomic mass is 32.2. The maximum Gasteiger partial charge on any atom is 0.230 e. The number of amides is 1. The molecule has 3 rings (SSSR count). The lowest BCUT2D eigenvalue weighted by molar-refractivity contribution is -0.115. The smallest absolute Gasteiger partial charge is 0.230 e. The molecule has 1 aliphatic rings. The Hall–Kier alpha value is -1.94. The van der Waals surface area contributed by atoms with Gasteiger partial charge in [-0.1, -0.05) is 42.5 Å². The topological polar surface area (TPSA) is 60.2 Å². The first kappa shape index (κ1) is 13.1. The Morgan fingerprint density at radius 1 is 1.10 bits per heavy atom. The third kappa shape index (κ3) is 2.39. The van der Waals surface area contributed by atoms with Gasteiger partial charge in [-0.15, -0.1) is 0 Å². The quantitative estimate of drug-likeness (QED) is 0.797. The first-order valence-electron chi connectivity index (χ1n) is 6.47. The lowest BCUT2D eigenvalue weighted by Gasteiger charge is -2.09. The SMILES string of the molecule is NC(=O)C[S@@](=O)Cc1cccc2c1-c1ccccc1C2. The van der Waals surface area contributed by atoms with Crippen molar-refractivity contribution < 1.29 is 9.00 Å². The summed E-state index contributed by atoms with van der Waals surface area (Å²) in [5, 5.41) is 0. The van der Waals surface area contributed by atoms with Crippen molar-refractivity contribution in [1.82, 2.24) is 0 Å². The largest absolute Gasteiger partial charge is 0.369 e. The molecule has 0 radical (unpaired) electrons. The van der Waals surface area contributed by atoms with E-state index in [-0.39, 0.29) is 5.75 Å². The van der Waals surface area contributed by atoms with E-state index in [1.54, 1.807) is 0 Å². The molecule has 1 amide bonds. The highest BCUT2D eigenvalue weighted by Crippen LogP contribution is 2.39. The van der Waals surface area contributed by atoms with Crippen molar-refractivity contribution in [2.45, 2.75) is 12.2 Å². The van der Waals surface area contributed by atoms with Gasteiger partial charge in [0.25, 0.3) is 0 Å². The first-order valence-corrected chi connectivity index (χ1v) is 7.96. The number of rotatable bonds is 4. The van der Waals surface area contributed by atoms with Crippen molar-refractivity contribution in [2.75, 3.05) is 5.75 Å². The molecule has 20 heavy (non-hydrogen) atoms. The van der Waals surface area contributed by atoms with Gasteiger partial charge in [0.05, 0.1) is 0 Å². The molecule has 3 nitrogen and oxygen atoms in total. The summed E-state index contributed by atoms with van der Waals surface area (Å²) in [6, 6.07) is 14.4. The predicted molar refractivity (Wildman–Crippen MR) is 80.6 cm³/mol. The Balaban J connectivity index is 1.98. The zero-order valence-electron chi connectivity index (χ0n) is 11.0. The van der Waals surface area contributed by atoms with Crippen LogP contribution < -0.4 is 5.73 Å². The van der Waals surface area contributed by atoms with E-state index >= 15 is 0 Å². The Labute approximate surface area is 120 Å². The van der Waals surface area contributed by atoms with Crippen LogP contribution in [0.1, 0.15) is 16.7 Å². The van der Waals surface area contributed by atoms with Crippen LogP contribution in [0.2, 0.25) is 0 Å². The number of carbonyl (C=O) groups excluding carboxylic acids is 1. The summed E-state index contributed by atoms with van der Waals surface area (Å²) < 4.78 is 11.9. The lowest BCUT2D eigenvalue weighted by atomic mass is 10.0. The van der Waals surface area contributed by atoms with E-state index in [0.29, 0.717) is 5.75 Å². The molecule has 1 aliphatic carbocycles. The molecule has 0 aromatic heterocycles. The van der Waals surface area contributed by atoms with Gasteiger partial charge in [0.1, 0.15) is 5.75 Å². The fourth-order valence-corrected chi connectivity index (χ4v) is 3.78. The van der Waals surface area contributed by atoms with Gasteiger partial charge in [0, 0.05) is 16.6 Å². The van der Waals surface area contributed by atoms with Crippen molar-refractivity contribution in [3.8, 4) is 11.1 Å². The normalized spacial score (nSPS) is 13.6. The fraction of sp³-hybridized carbons (Fsp3) is 0.188. The minimum absolute atomic E-state index is 0.0781. The second-order valence-corrected chi connectivity index (χ2v) is 6.44. The summed E-state index contributed by atoms with van der Waals surface area (Å²) in [7, 11) is -1.24. The molecule has 1 atom stereocenters. The molecule has 0 fully saturated rings. The van der Waals surface area contributed by atoms with E-state index in [1.165, 1.54) is 22.3 Å². The molecule has 2 N–H and O–H groups in total. The number of carbonyl (C=O) groups is 1. The first-order chi connectivity index (χ1) is 9.65. The van der Waals surface area contributed by atoms with E-state index in [4.69, 9.17) is 5.73 Å². The predicted octanol–water partition coefficient (Wildman–Crippen LogP) is 1.99. The Morgan fingerprint density at radius 3 is 2.65 bits per heavy atom. The number of nitrogens with two attached hydrogens (primary N) is 1. The minimum atomic E-state index is -1.24. The molecule has 0 heterocycles. The van der Waals surface area contributed by atoms with Crippen LogP contribution in [0.5, 0.6) is 0 Å². The summed E-state index contributed by atoms with van der Waals surface area (Å²) in [5.74, 6) is -0.220. The van der Waals surface area contributed by atoms with Crippen LogP contribution in [0.25, 0.3) is 11.1 Å². The van der Waals surface area contributed by atoms with Crippen LogP contribution in [0, 0.1) is 0 Å². The van der Waals surface area contributed by atoms with Crippen LogP contribution in [-0.2, 0) is 27.8 Å². The van der Waals surface area contributed by atoms with E-state index in [0.717, 1.165) is 12.0 Å². The van der Waals surface area contributed by atoms with Gasteiger partial charge in [-0.25, -0.2) is 0 Å². The highest BCUT2D eigenvalue weighted by Gasteiger charge is 2.21. The van der Waals surface area contributed by atoms with Crippen LogP contribution in [0.4, 0.5) is 0 Å². The van der Waals surface area contributed by atoms with Gasteiger partial charge in [-0.05, 0) is 34.2 Å². The van der Waals surface area contributed by atoms with Gasteiger partial charge < -0.3 is 5.73 Å². The number of hydrogen-bond acceptors (Lipinski definition) is 2. The molecule has 0 aliphatic heterocycles. The van der Waals surface area contributed by atoms with Crippen LogP contribution in [-0.4, -0.2) is 15.9 Å².